The van der Waals surface area contributed by atoms with E-state index in [2.05, 4.69) is 219 Å². The minimum Gasteiger partial charge on any atom is -0.308 e. The number of fused-ring (bicyclic) bond motifs is 4. The van der Waals surface area contributed by atoms with E-state index in [-0.39, 0.29) is 0 Å². The third kappa shape index (κ3) is 6.72. The SMILES string of the molecule is Cc1ccc2c(N(c3ccc(-c4ccc(N(c5cccc6cc(C)ccc56)c5cccc6cc(C)ccc56)c(Cl)c4)cc3Cl)c3cccc4cc(C)ccc34)cccc2c1. The molecule has 0 saturated carbocycles. The molecule has 60 heavy (non-hydrogen) atoms. The Kier molecular flexibility index (Phi) is 9.56. The normalized spacial score (nSPS) is 11.5. The number of benzene rings is 10. The number of rotatable bonds is 7. The summed E-state index contributed by atoms with van der Waals surface area (Å²) in [6, 6.07) is 65.3. The van der Waals surface area contributed by atoms with Crippen molar-refractivity contribution in [1.82, 2.24) is 0 Å². The number of hydrogen-bond acceptors (Lipinski definition) is 2. The Hall–Kier alpha value is -6.58. The van der Waals surface area contributed by atoms with Crippen molar-refractivity contribution in [2.45, 2.75) is 27.7 Å². The van der Waals surface area contributed by atoms with Gasteiger partial charge in [0.2, 0.25) is 0 Å². The van der Waals surface area contributed by atoms with E-state index >= 15 is 0 Å². The lowest BCUT2D eigenvalue weighted by molar-refractivity contribution is 1.30. The monoisotopic (exact) mass is 812 g/mol. The van der Waals surface area contributed by atoms with E-state index in [9.17, 15) is 0 Å². The summed E-state index contributed by atoms with van der Waals surface area (Å²) in [7, 11) is 0. The van der Waals surface area contributed by atoms with Crippen LogP contribution in [0.25, 0.3) is 54.2 Å². The van der Waals surface area contributed by atoms with Crippen LogP contribution in [-0.2, 0) is 0 Å². The number of aryl methyl sites for hydroxylation is 4. The molecule has 10 rings (SSSR count). The van der Waals surface area contributed by atoms with Gasteiger partial charge in [0.15, 0.2) is 0 Å². The van der Waals surface area contributed by atoms with Crippen molar-refractivity contribution in [3.63, 3.8) is 0 Å². The molecule has 0 bridgehead atoms. The predicted molar refractivity (Wildman–Crippen MR) is 260 cm³/mol. The maximum Gasteiger partial charge on any atom is 0.0652 e. The van der Waals surface area contributed by atoms with Gasteiger partial charge in [0.1, 0.15) is 0 Å². The smallest absolute Gasteiger partial charge is 0.0652 e. The predicted octanol–water partition coefficient (Wildman–Crippen LogP) is 17.4. The summed E-state index contributed by atoms with van der Waals surface area (Å²) < 4.78 is 0. The minimum atomic E-state index is 0.639. The second-order valence-electron chi connectivity index (χ2n) is 16.0. The Morgan fingerprint density at radius 1 is 0.283 bits per heavy atom. The molecule has 290 valence electrons. The van der Waals surface area contributed by atoms with Gasteiger partial charge in [-0.05, 0) is 109 Å². The number of hydrogen-bond donors (Lipinski definition) is 0. The van der Waals surface area contributed by atoms with Crippen LogP contribution < -0.4 is 9.80 Å². The first-order valence-electron chi connectivity index (χ1n) is 20.4. The van der Waals surface area contributed by atoms with Crippen molar-refractivity contribution in [2.24, 2.45) is 0 Å². The molecule has 0 radical (unpaired) electrons. The van der Waals surface area contributed by atoms with Crippen molar-refractivity contribution in [3.8, 4) is 11.1 Å². The van der Waals surface area contributed by atoms with Gasteiger partial charge < -0.3 is 9.80 Å². The van der Waals surface area contributed by atoms with E-state index in [4.69, 9.17) is 23.2 Å². The summed E-state index contributed by atoms with van der Waals surface area (Å²) in [5, 5.41) is 10.6. The van der Waals surface area contributed by atoms with E-state index in [0.29, 0.717) is 10.0 Å². The summed E-state index contributed by atoms with van der Waals surface area (Å²) in [6.07, 6.45) is 0. The van der Waals surface area contributed by atoms with E-state index in [1.807, 2.05) is 0 Å². The molecule has 0 amide bonds. The fraction of sp³-hybridized carbons (Fsp3) is 0.0714. The lowest BCUT2D eigenvalue weighted by atomic mass is 10.00. The zero-order chi connectivity index (χ0) is 41.1. The van der Waals surface area contributed by atoms with E-state index < -0.39 is 0 Å². The second-order valence-corrected chi connectivity index (χ2v) is 16.8. The molecular weight excluding hydrogens is 772 g/mol. The Balaban J connectivity index is 1.11. The van der Waals surface area contributed by atoms with Gasteiger partial charge in [-0.3, -0.25) is 0 Å². The van der Waals surface area contributed by atoms with Crippen molar-refractivity contribution in [2.75, 3.05) is 9.80 Å². The van der Waals surface area contributed by atoms with Gasteiger partial charge in [-0.1, -0.05) is 179 Å². The van der Waals surface area contributed by atoms with Crippen LogP contribution in [0.5, 0.6) is 0 Å². The summed E-state index contributed by atoms with van der Waals surface area (Å²) in [5.74, 6) is 0. The lowest BCUT2D eigenvalue weighted by Gasteiger charge is -2.30. The van der Waals surface area contributed by atoms with Crippen LogP contribution in [-0.4, -0.2) is 0 Å². The van der Waals surface area contributed by atoms with Crippen LogP contribution in [0, 0.1) is 27.7 Å². The first-order valence-corrected chi connectivity index (χ1v) is 21.1. The van der Waals surface area contributed by atoms with Crippen LogP contribution >= 0.6 is 23.2 Å². The zero-order valence-corrected chi connectivity index (χ0v) is 35.5. The second kappa shape index (κ2) is 15.2. The highest BCUT2D eigenvalue weighted by atomic mass is 35.5. The molecule has 0 atom stereocenters. The van der Waals surface area contributed by atoms with Gasteiger partial charge in [0, 0.05) is 21.5 Å². The zero-order valence-electron chi connectivity index (χ0n) is 34.0. The number of halogens is 2. The molecule has 0 saturated heterocycles. The van der Waals surface area contributed by atoms with Crippen LogP contribution in [0.1, 0.15) is 22.3 Å². The Labute approximate surface area is 361 Å². The topological polar surface area (TPSA) is 6.48 Å². The third-order valence-corrected chi connectivity index (χ3v) is 12.3. The summed E-state index contributed by atoms with van der Waals surface area (Å²) in [4.78, 5) is 4.62. The largest absolute Gasteiger partial charge is 0.308 e. The van der Waals surface area contributed by atoms with Gasteiger partial charge in [0.05, 0.1) is 44.2 Å². The van der Waals surface area contributed by atoms with Gasteiger partial charge in [0.25, 0.3) is 0 Å². The summed E-state index contributed by atoms with van der Waals surface area (Å²) in [5.41, 5.74) is 12.9. The van der Waals surface area contributed by atoms with Crippen LogP contribution in [0.2, 0.25) is 10.0 Å². The molecule has 0 aliphatic heterocycles. The fourth-order valence-electron chi connectivity index (χ4n) is 8.84. The molecule has 0 unspecified atom stereocenters. The fourth-order valence-corrected chi connectivity index (χ4v) is 9.37. The Morgan fingerprint density at radius 3 is 0.833 bits per heavy atom. The molecule has 0 spiro atoms. The molecule has 10 aromatic carbocycles. The Morgan fingerprint density at radius 2 is 0.567 bits per heavy atom. The summed E-state index contributed by atoms with van der Waals surface area (Å²) in [6.45, 7) is 8.55. The maximum absolute atomic E-state index is 7.46. The molecule has 0 aliphatic carbocycles. The molecule has 0 N–H and O–H groups in total. The van der Waals surface area contributed by atoms with Crippen molar-refractivity contribution in [1.29, 1.82) is 0 Å². The van der Waals surface area contributed by atoms with Crippen LogP contribution in [0.3, 0.4) is 0 Å². The van der Waals surface area contributed by atoms with Gasteiger partial charge in [-0.2, -0.15) is 0 Å². The third-order valence-electron chi connectivity index (χ3n) is 11.7. The molecule has 4 heteroatoms. The lowest BCUT2D eigenvalue weighted by Crippen LogP contribution is -2.12. The van der Waals surface area contributed by atoms with Crippen molar-refractivity contribution in [3.05, 3.63) is 214 Å². The molecular formula is C56H42Cl2N2. The van der Waals surface area contributed by atoms with Gasteiger partial charge in [-0.25, -0.2) is 0 Å². The minimum absolute atomic E-state index is 0.639. The average molecular weight is 814 g/mol. The maximum atomic E-state index is 7.46. The van der Waals surface area contributed by atoms with Crippen LogP contribution in [0.15, 0.2) is 182 Å². The first-order chi connectivity index (χ1) is 29.2. The highest BCUT2D eigenvalue weighted by Gasteiger charge is 2.23. The molecule has 0 aromatic heterocycles. The van der Waals surface area contributed by atoms with Crippen molar-refractivity contribution >= 4 is 100 Å². The van der Waals surface area contributed by atoms with Gasteiger partial charge in [-0.15, -0.1) is 0 Å². The highest BCUT2D eigenvalue weighted by Crippen LogP contribution is 2.48. The molecule has 0 fully saturated rings. The standard InChI is InChI=1S/C56H42Cl2N2/c1-35-17-23-45-41(29-35)9-5-13-51(45)59(52-14-6-10-42-30-36(2)18-24-46(42)52)55-27-21-39(33-49(55)57)40-22-28-56(50(58)34-40)60(53-15-7-11-43-31-37(3)19-25-47(43)53)54-16-8-12-44-32-38(4)20-26-48(44)54/h5-34H,1-4H3. The quantitative estimate of drug-likeness (QED) is 0.158. The van der Waals surface area contributed by atoms with E-state index in [0.717, 1.165) is 66.8 Å². The first kappa shape index (κ1) is 37.7. The molecule has 0 heterocycles. The van der Waals surface area contributed by atoms with Gasteiger partial charge >= 0.3 is 0 Å². The average Bonchev–Trinajstić information content (AvgIpc) is 3.24. The van der Waals surface area contributed by atoms with E-state index in [1.54, 1.807) is 0 Å². The number of nitrogens with zero attached hydrogens (tertiary/aromatic N) is 2. The molecule has 2 nitrogen and oxygen atoms in total. The number of anilines is 6. The molecule has 0 aliphatic rings. The van der Waals surface area contributed by atoms with E-state index in [1.165, 1.54) is 43.8 Å². The van der Waals surface area contributed by atoms with Crippen LogP contribution in [0.4, 0.5) is 34.1 Å². The van der Waals surface area contributed by atoms with Crippen molar-refractivity contribution < 1.29 is 0 Å². The Bertz CT molecular complexity index is 2920. The highest BCUT2D eigenvalue weighted by molar-refractivity contribution is 6.35. The summed E-state index contributed by atoms with van der Waals surface area (Å²) >= 11 is 14.9. The molecule has 10 aromatic rings.